The number of pyridine rings is 1. The van der Waals surface area contributed by atoms with E-state index >= 15 is 0 Å². The van der Waals surface area contributed by atoms with Gasteiger partial charge in [-0.3, -0.25) is 4.98 Å². The van der Waals surface area contributed by atoms with Gasteiger partial charge in [0.1, 0.15) is 0 Å². The number of thiocarbonyl (C=S) groups is 1. The van der Waals surface area contributed by atoms with Crippen LogP contribution in [0.25, 0.3) is 21.8 Å². The summed E-state index contributed by atoms with van der Waals surface area (Å²) in [6, 6.07) is 18.7. The monoisotopic (exact) mass is 346 g/mol. The van der Waals surface area contributed by atoms with E-state index in [-0.39, 0.29) is 0 Å². The lowest BCUT2D eigenvalue weighted by Crippen LogP contribution is -2.19. The molecule has 0 saturated carbocycles. The molecule has 0 saturated heterocycles. The first-order valence-electron chi connectivity index (χ1n) is 8.25. The summed E-state index contributed by atoms with van der Waals surface area (Å²) in [7, 11) is 0. The number of para-hydroxylation sites is 1. The largest absolute Gasteiger partial charge is 0.341 e. The van der Waals surface area contributed by atoms with Gasteiger partial charge in [-0.05, 0) is 55.5 Å². The summed E-state index contributed by atoms with van der Waals surface area (Å²) in [4.78, 5) is 4.08. The minimum atomic E-state index is 0.548. The molecule has 4 rings (SSSR count). The van der Waals surface area contributed by atoms with Gasteiger partial charge in [-0.15, -0.1) is 0 Å². The van der Waals surface area contributed by atoms with Gasteiger partial charge in [-0.1, -0.05) is 18.2 Å². The molecule has 25 heavy (non-hydrogen) atoms. The third kappa shape index (κ3) is 2.94. The van der Waals surface area contributed by atoms with Crippen molar-refractivity contribution in [2.75, 3.05) is 10.6 Å². The minimum Gasteiger partial charge on any atom is -0.341 e. The van der Waals surface area contributed by atoms with E-state index in [0.29, 0.717) is 5.11 Å². The van der Waals surface area contributed by atoms with Crippen LogP contribution >= 0.6 is 12.2 Å². The summed E-state index contributed by atoms with van der Waals surface area (Å²) in [6.45, 7) is 3.11. The molecule has 0 unspecified atom stereocenters. The van der Waals surface area contributed by atoms with Crippen molar-refractivity contribution in [2.45, 2.75) is 13.5 Å². The zero-order chi connectivity index (χ0) is 17.2. The van der Waals surface area contributed by atoms with Crippen LogP contribution in [0.1, 0.15) is 6.92 Å². The first-order valence-corrected chi connectivity index (χ1v) is 8.66. The SMILES string of the molecule is CCn1c2ccccc2c2cc(NC(=S)Nc3cccnc3)ccc21. The van der Waals surface area contributed by atoms with Crippen molar-refractivity contribution < 1.29 is 0 Å². The maximum absolute atomic E-state index is 5.41. The lowest BCUT2D eigenvalue weighted by Gasteiger charge is -2.10. The molecule has 0 bridgehead atoms. The maximum Gasteiger partial charge on any atom is 0.175 e. The second-order valence-corrected chi connectivity index (χ2v) is 6.22. The second-order valence-electron chi connectivity index (χ2n) is 5.81. The molecule has 0 aliphatic carbocycles. The maximum atomic E-state index is 5.41. The lowest BCUT2D eigenvalue weighted by molar-refractivity contribution is 0.827. The molecule has 124 valence electrons. The van der Waals surface area contributed by atoms with Gasteiger partial charge in [0.05, 0.1) is 11.9 Å². The van der Waals surface area contributed by atoms with E-state index < -0.39 is 0 Å². The summed E-state index contributed by atoms with van der Waals surface area (Å²) in [5, 5.41) is 9.44. The molecular formula is C20H18N4S. The number of nitrogens with one attached hydrogen (secondary N) is 2. The molecule has 2 heterocycles. The average Bonchev–Trinajstić information content (AvgIpc) is 2.95. The van der Waals surface area contributed by atoms with Crippen molar-refractivity contribution >= 4 is 50.5 Å². The number of anilines is 2. The van der Waals surface area contributed by atoms with Crippen molar-refractivity contribution in [1.29, 1.82) is 0 Å². The summed E-state index contributed by atoms with van der Waals surface area (Å²) < 4.78 is 2.33. The first kappa shape index (κ1) is 15.6. The van der Waals surface area contributed by atoms with Crippen LogP contribution in [0.15, 0.2) is 67.0 Å². The van der Waals surface area contributed by atoms with Crippen molar-refractivity contribution in [1.82, 2.24) is 9.55 Å². The third-order valence-electron chi connectivity index (χ3n) is 4.27. The topological polar surface area (TPSA) is 41.9 Å². The molecule has 0 fully saturated rings. The van der Waals surface area contributed by atoms with Gasteiger partial charge in [0.25, 0.3) is 0 Å². The Morgan fingerprint density at radius 3 is 2.56 bits per heavy atom. The highest BCUT2D eigenvalue weighted by atomic mass is 32.1. The number of aryl methyl sites for hydroxylation is 1. The van der Waals surface area contributed by atoms with Gasteiger partial charge < -0.3 is 15.2 Å². The number of hydrogen-bond acceptors (Lipinski definition) is 2. The van der Waals surface area contributed by atoms with E-state index in [1.165, 1.54) is 21.8 Å². The number of benzene rings is 2. The third-order valence-corrected chi connectivity index (χ3v) is 4.47. The molecular weight excluding hydrogens is 328 g/mol. The van der Waals surface area contributed by atoms with E-state index in [1.54, 1.807) is 12.4 Å². The Labute approximate surface area is 151 Å². The van der Waals surface area contributed by atoms with Gasteiger partial charge in [-0.25, -0.2) is 0 Å². The summed E-state index contributed by atoms with van der Waals surface area (Å²) in [6.07, 6.45) is 3.48. The van der Waals surface area contributed by atoms with Crippen molar-refractivity contribution in [3.63, 3.8) is 0 Å². The summed E-state index contributed by atoms with van der Waals surface area (Å²) in [5.41, 5.74) is 4.32. The second kappa shape index (κ2) is 6.53. The average molecular weight is 346 g/mol. The molecule has 4 aromatic rings. The van der Waals surface area contributed by atoms with Crippen LogP contribution in [-0.2, 0) is 6.54 Å². The zero-order valence-electron chi connectivity index (χ0n) is 13.9. The molecule has 2 aromatic heterocycles. The van der Waals surface area contributed by atoms with E-state index in [1.807, 2.05) is 12.1 Å². The molecule has 2 aromatic carbocycles. The summed E-state index contributed by atoms with van der Waals surface area (Å²) >= 11 is 5.41. The van der Waals surface area contributed by atoms with Gasteiger partial charge in [0.2, 0.25) is 0 Å². The van der Waals surface area contributed by atoms with Crippen LogP contribution in [0.2, 0.25) is 0 Å². The van der Waals surface area contributed by atoms with Crippen LogP contribution < -0.4 is 10.6 Å². The number of fused-ring (bicyclic) bond motifs is 3. The normalized spacial score (nSPS) is 10.9. The molecule has 4 nitrogen and oxygen atoms in total. The van der Waals surface area contributed by atoms with Crippen molar-refractivity contribution in [2.24, 2.45) is 0 Å². The van der Waals surface area contributed by atoms with Crippen molar-refractivity contribution in [3.05, 3.63) is 67.0 Å². The predicted molar refractivity (Wildman–Crippen MR) is 109 cm³/mol. The van der Waals surface area contributed by atoms with Gasteiger partial charge in [0.15, 0.2) is 5.11 Å². The lowest BCUT2D eigenvalue weighted by atomic mass is 10.1. The van der Waals surface area contributed by atoms with E-state index in [9.17, 15) is 0 Å². The first-order chi connectivity index (χ1) is 12.3. The standard InChI is InChI=1S/C20H18N4S/c1-2-24-18-8-4-3-7-16(18)17-12-14(9-10-19(17)24)22-20(25)23-15-6-5-11-21-13-15/h3-13H,2H2,1H3,(H2,22,23,25). The Kier molecular flexibility index (Phi) is 4.07. The summed E-state index contributed by atoms with van der Waals surface area (Å²) in [5.74, 6) is 0. The number of hydrogen-bond donors (Lipinski definition) is 2. The molecule has 0 radical (unpaired) electrons. The van der Waals surface area contributed by atoms with Crippen LogP contribution in [-0.4, -0.2) is 14.7 Å². The molecule has 0 aliphatic rings. The van der Waals surface area contributed by atoms with Gasteiger partial charge in [-0.2, -0.15) is 0 Å². The quantitative estimate of drug-likeness (QED) is 0.511. The minimum absolute atomic E-state index is 0.548. The Morgan fingerprint density at radius 2 is 1.76 bits per heavy atom. The van der Waals surface area contributed by atoms with E-state index in [4.69, 9.17) is 12.2 Å². The van der Waals surface area contributed by atoms with E-state index in [2.05, 4.69) is 69.6 Å². The molecule has 0 amide bonds. The molecule has 0 spiro atoms. The predicted octanol–water partition coefficient (Wildman–Crippen LogP) is 5.02. The highest BCUT2D eigenvalue weighted by molar-refractivity contribution is 7.80. The fourth-order valence-corrected chi connectivity index (χ4v) is 3.44. The number of rotatable bonds is 3. The van der Waals surface area contributed by atoms with E-state index in [0.717, 1.165) is 17.9 Å². The fraction of sp³-hybridized carbons (Fsp3) is 0.100. The zero-order valence-corrected chi connectivity index (χ0v) is 14.7. The van der Waals surface area contributed by atoms with Crippen LogP contribution in [0.3, 0.4) is 0 Å². The highest BCUT2D eigenvalue weighted by Crippen LogP contribution is 2.31. The molecule has 2 N–H and O–H groups in total. The number of nitrogens with zero attached hydrogens (tertiary/aromatic N) is 2. The Bertz CT molecular complexity index is 1050. The fourth-order valence-electron chi connectivity index (χ4n) is 3.20. The highest BCUT2D eigenvalue weighted by Gasteiger charge is 2.10. The molecule has 0 aliphatic heterocycles. The van der Waals surface area contributed by atoms with Gasteiger partial charge in [0, 0.05) is 40.2 Å². The van der Waals surface area contributed by atoms with Crippen LogP contribution in [0.4, 0.5) is 11.4 Å². The van der Waals surface area contributed by atoms with Crippen LogP contribution in [0, 0.1) is 0 Å². The smallest absolute Gasteiger partial charge is 0.175 e. The Morgan fingerprint density at radius 1 is 0.960 bits per heavy atom. The number of aromatic nitrogens is 2. The van der Waals surface area contributed by atoms with Gasteiger partial charge >= 0.3 is 0 Å². The Hall–Kier alpha value is -2.92. The van der Waals surface area contributed by atoms with Crippen LogP contribution in [0.5, 0.6) is 0 Å². The Balaban J connectivity index is 1.67. The molecule has 5 heteroatoms. The molecule has 0 atom stereocenters. The van der Waals surface area contributed by atoms with Crippen molar-refractivity contribution in [3.8, 4) is 0 Å².